The molecular formula is C17H19N3O2. The lowest BCUT2D eigenvalue weighted by molar-refractivity contribution is -0.118. The van der Waals surface area contributed by atoms with Crippen LogP contribution in [0.3, 0.4) is 0 Å². The Kier molecular flexibility index (Phi) is 4.34. The first-order valence-electron chi connectivity index (χ1n) is 7.38. The zero-order valence-corrected chi connectivity index (χ0v) is 12.3. The fourth-order valence-corrected chi connectivity index (χ4v) is 2.70. The maximum atomic E-state index is 11.8. The Bertz CT molecular complexity index is 622. The number of pyridine rings is 1. The van der Waals surface area contributed by atoms with Gasteiger partial charge in [0.05, 0.1) is 30.8 Å². The molecule has 1 saturated heterocycles. The van der Waals surface area contributed by atoms with Crippen LogP contribution in [0.5, 0.6) is 0 Å². The monoisotopic (exact) mass is 297 g/mol. The predicted molar refractivity (Wildman–Crippen MR) is 84.7 cm³/mol. The third-order valence-electron chi connectivity index (χ3n) is 3.86. The van der Waals surface area contributed by atoms with Crippen LogP contribution in [-0.2, 0) is 9.53 Å². The Hall–Kier alpha value is -2.40. The molecule has 2 heterocycles. The van der Waals surface area contributed by atoms with Gasteiger partial charge in [0, 0.05) is 13.1 Å². The van der Waals surface area contributed by atoms with Crippen molar-refractivity contribution in [2.45, 2.75) is 5.92 Å². The van der Waals surface area contributed by atoms with Gasteiger partial charge in [-0.1, -0.05) is 30.3 Å². The molecule has 0 aliphatic carbocycles. The van der Waals surface area contributed by atoms with Gasteiger partial charge in [-0.15, -0.1) is 0 Å². The van der Waals surface area contributed by atoms with E-state index in [2.05, 4.69) is 9.88 Å². The molecule has 0 spiro atoms. The molecule has 5 nitrogen and oxygen atoms in total. The summed E-state index contributed by atoms with van der Waals surface area (Å²) in [6, 6.07) is 13.4. The zero-order valence-electron chi connectivity index (χ0n) is 12.3. The number of hydrogen-bond donors (Lipinski definition) is 1. The molecule has 1 aromatic heterocycles. The highest BCUT2D eigenvalue weighted by atomic mass is 16.5. The highest BCUT2D eigenvalue weighted by Gasteiger charge is 2.21. The number of benzene rings is 1. The van der Waals surface area contributed by atoms with E-state index in [1.807, 2.05) is 42.5 Å². The largest absolute Gasteiger partial charge is 0.378 e. The minimum Gasteiger partial charge on any atom is -0.378 e. The molecule has 3 rings (SSSR count). The number of aromatic nitrogens is 1. The van der Waals surface area contributed by atoms with Crippen LogP contribution in [0.1, 0.15) is 17.2 Å². The van der Waals surface area contributed by atoms with Crippen molar-refractivity contribution in [2.75, 3.05) is 31.2 Å². The standard InChI is InChI=1S/C17H19N3O2/c18-17(21)16(13-4-2-1-3-5-13)15-7-6-14(12-19-15)20-8-10-22-11-9-20/h1-7,12,16H,8-11H2,(H2,18,21). The zero-order chi connectivity index (χ0) is 15.4. The highest BCUT2D eigenvalue weighted by Crippen LogP contribution is 2.24. The number of carbonyl (C=O) groups is 1. The summed E-state index contributed by atoms with van der Waals surface area (Å²) in [5.41, 5.74) is 8.16. The number of nitrogens with two attached hydrogens (primary N) is 1. The predicted octanol–water partition coefficient (Wildman–Crippen LogP) is 1.54. The maximum Gasteiger partial charge on any atom is 0.231 e. The fraction of sp³-hybridized carbons (Fsp3) is 0.294. The lowest BCUT2D eigenvalue weighted by Gasteiger charge is -2.28. The fourth-order valence-electron chi connectivity index (χ4n) is 2.70. The van der Waals surface area contributed by atoms with E-state index >= 15 is 0 Å². The molecule has 1 fully saturated rings. The molecule has 0 saturated carbocycles. The van der Waals surface area contributed by atoms with Crippen LogP contribution in [-0.4, -0.2) is 37.2 Å². The summed E-state index contributed by atoms with van der Waals surface area (Å²) in [7, 11) is 0. The van der Waals surface area contributed by atoms with Crippen LogP contribution >= 0.6 is 0 Å². The van der Waals surface area contributed by atoms with Gasteiger partial charge in [-0.25, -0.2) is 0 Å². The number of anilines is 1. The second-order valence-electron chi connectivity index (χ2n) is 5.29. The molecule has 5 heteroatoms. The van der Waals surface area contributed by atoms with Crippen LogP contribution in [0.25, 0.3) is 0 Å². The molecule has 1 aromatic carbocycles. The van der Waals surface area contributed by atoms with Crippen LogP contribution in [0.4, 0.5) is 5.69 Å². The van der Waals surface area contributed by atoms with E-state index < -0.39 is 11.8 Å². The minimum atomic E-state index is -0.514. The van der Waals surface area contributed by atoms with Gasteiger partial charge in [-0.3, -0.25) is 9.78 Å². The average Bonchev–Trinajstić information content (AvgIpc) is 2.57. The van der Waals surface area contributed by atoms with Gasteiger partial charge in [-0.05, 0) is 17.7 Å². The Labute approximate surface area is 129 Å². The van der Waals surface area contributed by atoms with Crippen molar-refractivity contribution in [3.8, 4) is 0 Å². The van der Waals surface area contributed by atoms with Gasteiger partial charge in [-0.2, -0.15) is 0 Å². The molecule has 1 aliphatic heterocycles. The number of rotatable bonds is 4. The normalized spacial score (nSPS) is 16.3. The van der Waals surface area contributed by atoms with Crippen LogP contribution in [0.15, 0.2) is 48.7 Å². The summed E-state index contributed by atoms with van der Waals surface area (Å²) in [5.74, 6) is -0.905. The number of ether oxygens (including phenoxy) is 1. The SMILES string of the molecule is NC(=O)C(c1ccccc1)c1ccc(N2CCOCC2)cn1. The summed E-state index contributed by atoms with van der Waals surface area (Å²) in [6.45, 7) is 3.18. The van der Waals surface area contributed by atoms with Gasteiger partial charge in [0.2, 0.25) is 5.91 Å². The minimum absolute atomic E-state index is 0.391. The summed E-state index contributed by atoms with van der Waals surface area (Å²) < 4.78 is 5.35. The van der Waals surface area contributed by atoms with Gasteiger partial charge in [0.25, 0.3) is 0 Å². The third-order valence-corrected chi connectivity index (χ3v) is 3.86. The first-order valence-corrected chi connectivity index (χ1v) is 7.38. The molecule has 22 heavy (non-hydrogen) atoms. The van der Waals surface area contributed by atoms with Crippen LogP contribution < -0.4 is 10.6 Å². The first kappa shape index (κ1) is 14.5. The lowest BCUT2D eigenvalue weighted by Crippen LogP contribution is -2.36. The van der Waals surface area contributed by atoms with Gasteiger partial charge < -0.3 is 15.4 Å². The Balaban J connectivity index is 1.85. The van der Waals surface area contributed by atoms with Gasteiger partial charge >= 0.3 is 0 Å². The number of nitrogens with zero attached hydrogens (tertiary/aromatic N) is 2. The second-order valence-corrected chi connectivity index (χ2v) is 5.29. The molecule has 2 aromatic rings. The van der Waals surface area contributed by atoms with E-state index in [9.17, 15) is 4.79 Å². The maximum absolute atomic E-state index is 11.8. The topological polar surface area (TPSA) is 68.5 Å². The lowest BCUT2D eigenvalue weighted by atomic mass is 9.94. The molecule has 2 N–H and O–H groups in total. The third kappa shape index (κ3) is 3.09. The van der Waals surface area contributed by atoms with Gasteiger partial charge in [0.15, 0.2) is 0 Å². The van der Waals surface area contributed by atoms with E-state index in [1.165, 1.54) is 0 Å². The van der Waals surface area contributed by atoms with Crippen molar-refractivity contribution in [3.63, 3.8) is 0 Å². The van der Waals surface area contributed by atoms with E-state index in [0.29, 0.717) is 5.69 Å². The quantitative estimate of drug-likeness (QED) is 0.929. The van der Waals surface area contributed by atoms with Crippen LogP contribution in [0, 0.1) is 0 Å². The summed E-state index contributed by atoms with van der Waals surface area (Å²) >= 11 is 0. The van der Waals surface area contributed by atoms with Crippen LogP contribution in [0.2, 0.25) is 0 Å². The highest BCUT2D eigenvalue weighted by molar-refractivity contribution is 5.85. The van der Waals surface area contributed by atoms with E-state index in [4.69, 9.17) is 10.5 Å². The summed E-state index contributed by atoms with van der Waals surface area (Å²) in [4.78, 5) is 18.5. The van der Waals surface area contributed by atoms with Crippen molar-refractivity contribution >= 4 is 11.6 Å². The van der Waals surface area contributed by atoms with E-state index in [1.54, 1.807) is 6.20 Å². The van der Waals surface area contributed by atoms with Gasteiger partial charge in [0.1, 0.15) is 5.92 Å². The van der Waals surface area contributed by atoms with E-state index in [-0.39, 0.29) is 0 Å². The molecule has 1 amide bonds. The molecule has 114 valence electrons. The summed E-state index contributed by atoms with van der Waals surface area (Å²) in [5, 5.41) is 0. The first-order chi connectivity index (χ1) is 10.8. The van der Waals surface area contributed by atoms with Crippen molar-refractivity contribution in [1.29, 1.82) is 0 Å². The molecule has 1 atom stereocenters. The summed E-state index contributed by atoms with van der Waals surface area (Å²) in [6.07, 6.45) is 1.81. The number of hydrogen-bond acceptors (Lipinski definition) is 4. The number of carbonyl (C=O) groups excluding carboxylic acids is 1. The number of amides is 1. The smallest absolute Gasteiger partial charge is 0.231 e. The van der Waals surface area contributed by atoms with Crippen molar-refractivity contribution < 1.29 is 9.53 Å². The van der Waals surface area contributed by atoms with E-state index in [0.717, 1.165) is 37.6 Å². The molecule has 1 unspecified atom stereocenters. The van der Waals surface area contributed by atoms with Crippen molar-refractivity contribution in [2.24, 2.45) is 5.73 Å². The molecule has 0 bridgehead atoms. The van der Waals surface area contributed by atoms with Crippen molar-refractivity contribution in [1.82, 2.24) is 4.98 Å². The second kappa shape index (κ2) is 6.58. The molecule has 0 radical (unpaired) electrons. The number of morpholine rings is 1. The number of primary amides is 1. The Morgan fingerprint density at radius 1 is 1.14 bits per heavy atom. The molecule has 1 aliphatic rings. The van der Waals surface area contributed by atoms with Crippen molar-refractivity contribution in [3.05, 3.63) is 59.9 Å². The Morgan fingerprint density at radius 2 is 1.86 bits per heavy atom. The average molecular weight is 297 g/mol. The Morgan fingerprint density at radius 3 is 2.45 bits per heavy atom. The molecular weight excluding hydrogens is 278 g/mol.